The Hall–Kier alpha value is -1.85. The first-order chi connectivity index (χ1) is 8.86. The van der Waals surface area contributed by atoms with Crippen molar-refractivity contribution in [1.82, 2.24) is 9.78 Å². The van der Waals surface area contributed by atoms with Gasteiger partial charge in [-0.3, -0.25) is 9.48 Å². The van der Waals surface area contributed by atoms with Crippen LogP contribution in [0.3, 0.4) is 0 Å². The van der Waals surface area contributed by atoms with E-state index in [0.717, 1.165) is 0 Å². The zero-order valence-electron chi connectivity index (χ0n) is 12.1. The number of esters is 1. The maximum absolute atomic E-state index is 11.9. The molecule has 1 N–H and O–H groups in total. The lowest BCUT2D eigenvalue weighted by Gasteiger charge is -2.09. The Balaban J connectivity index is 2.99. The second-order valence-electron chi connectivity index (χ2n) is 4.80. The first-order valence-electron chi connectivity index (χ1n) is 6.37. The molecular weight excluding hydrogens is 246 g/mol. The van der Waals surface area contributed by atoms with Gasteiger partial charge in [0.2, 0.25) is 5.91 Å². The van der Waals surface area contributed by atoms with Gasteiger partial charge in [-0.25, -0.2) is 4.79 Å². The summed E-state index contributed by atoms with van der Waals surface area (Å²) in [5.74, 6) is 0.0402. The van der Waals surface area contributed by atoms with Gasteiger partial charge in [0.15, 0.2) is 0 Å². The van der Waals surface area contributed by atoms with Gasteiger partial charge in [-0.2, -0.15) is 5.10 Å². The quantitative estimate of drug-likeness (QED) is 0.827. The summed E-state index contributed by atoms with van der Waals surface area (Å²) < 4.78 is 6.47. The molecule has 0 fully saturated rings. The highest BCUT2D eigenvalue weighted by molar-refractivity contribution is 6.01. The van der Waals surface area contributed by atoms with Crippen molar-refractivity contribution < 1.29 is 14.3 Å². The van der Waals surface area contributed by atoms with Gasteiger partial charge in [-0.1, -0.05) is 13.8 Å². The molecule has 0 atom stereocenters. The summed E-state index contributed by atoms with van der Waals surface area (Å²) in [4.78, 5) is 23.7. The molecule has 106 valence electrons. The fourth-order valence-electron chi connectivity index (χ4n) is 1.80. The zero-order valence-corrected chi connectivity index (χ0v) is 12.1. The van der Waals surface area contributed by atoms with Crippen molar-refractivity contribution in [1.29, 1.82) is 0 Å². The summed E-state index contributed by atoms with van der Waals surface area (Å²) in [6.45, 7) is 7.65. The van der Waals surface area contributed by atoms with Crippen molar-refractivity contribution in [3.63, 3.8) is 0 Å². The number of aromatic nitrogens is 2. The average Bonchev–Trinajstić information content (AvgIpc) is 2.52. The second kappa shape index (κ2) is 6.36. The molecule has 1 aromatic rings. The smallest absolute Gasteiger partial charge is 0.343 e. The summed E-state index contributed by atoms with van der Waals surface area (Å²) in [6, 6.07) is 0. The number of hydrogen-bond donors (Lipinski definition) is 1. The van der Waals surface area contributed by atoms with Crippen molar-refractivity contribution in [3.8, 4) is 0 Å². The van der Waals surface area contributed by atoms with E-state index in [1.807, 2.05) is 13.8 Å². The van der Waals surface area contributed by atoms with E-state index >= 15 is 0 Å². The van der Waals surface area contributed by atoms with Crippen LogP contribution >= 0.6 is 0 Å². The SMILES string of the molecule is CCOC(=O)c1c(C)nn(C)c1NC(=O)CC(C)C. The highest BCUT2D eigenvalue weighted by Crippen LogP contribution is 2.20. The molecule has 19 heavy (non-hydrogen) atoms. The Kier molecular flexibility index (Phi) is 5.09. The Morgan fingerprint density at radius 3 is 2.58 bits per heavy atom. The molecule has 0 aliphatic rings. The topological polar surface area (TPSA) is 73.2 Å². The number of rotatable bonds is 5. The molecule has 6 heteroatoms. The molecular formula is C13H21N3O3. The monoisotopic (exact) mass is 267 g/mol. The molecule has 1 aromatic heterocycles. The van der Waals surface area contributed by atoms with Crippen molar-refractivity contribution >= 4 is 17.7 Å². The number of amides is 1. The van der Waals surface area contributed by atoms with E-state index < -0.39 is 5.97 Å². The largest absolute Gasteiger partial charge is 0.462 e. The number of anilines is 1. The Morgan fingerprint density at radius 2 is 2.05 bits per heavy atom. The number of ether oxygens (including phenoxy) is 1. The molecule has 0 aliphatic heterocycles. The van der Waals surface area contributed by atoms with E-state index in [1.54, 1.807) is 20.9 Å². The minimum atomic E-state index is -0.465. The molecule has 0 unspecified atom stereocenters. The second-order valence-corrected chi connectivity index (χ2v) is 4.80. The lowest BCUT2D eigenvalue weighted by atomic mass is 10.1. The Bertz CT molecular complexity index is 478. The fraction of sp³-hybridized carbons (Fsp3) is 0.615. The Labute approximate surface area is 113 Å². The molecule has 6 nitrogen and oxygen atoms in total. The summed E-state index contributed by atoms with van der Waals surface area (Å²) in [5.41, 5.74) is 0.863. The van der Waals surface area contributed by atoms with Crippen LogP contribution in [-0.4, -0.2) is 28.3 Å². The average molecular weight is 267 g/mol. The molecule has 0 bridgehead atoms. The zero-order chi connectivity index (χ0) is 14.6. The number of hydrogen-bond acceptors (Lipinski definition) is 4. The molecule has 0 saturated carbocycles. The lowest BCUT2D eigenvalue weighted by Crippen LogP contribution is -2.18. The summed E-state index contributed by atoms with van der Waals surface area (Å²) in [7, 11) is 1.68. The van der Waals surface area contributed by atoms with Gasteiger partial charge in [0, 0.05) is 13.5 Å². The third kappa shape index (κ3) is 3.81. The predicted octanol–water partition coefficient (Wildman–Crippen LogP) is 1.89. The van der Waals surface area contributed by atoms with Gasteiger partial charge in [-0.15, -0.1) is 0 Å². The van der Waals surface area contributed by atoms with Crippen molar-refractivity contribution in [2.24, 2.45) is 13.0 Å². The maximum atomic E-state index is 11.9. The summed E-state index contributed by atoms with van der Waals surface area (Å²) >= 11 is 0. The molecule has 1 rings (SSSR count). The van der Waals surface area contributed by atoms with Crippen LogP contribution in [0.15, 0.2) is 0 Å². The van der Waals surface area contributed by atoms with E-state index in [2.05, 4.69) is 10.4 Å². The van der Waals surface area contributed by atoms with Crippen LogP contribution in [0.5, 0.6) is 0 Å². The van der Waals surface area contributed by atoms with E-state index in [1.165, 1.54) is 4.68 Å². The number of aryl methyl sites for hydroxylation is 2. The third-order valence-electron chi connectivity index (χ3n) is 2.55. The van der Waals surface area contributed by atoms with Crippen LogP contribution in [0, 0.1) is 12.8 Å². The predicted molar refractivity (Wildman–Crippen MR) is 72.0 cm³/mol. The van der Waals surface area contributed by atoms with Crippen LogP contribution in [0.1, 0.15) is 43.2 Å². The van der Waals surface area contributed by atoms with Gasteiger partial charge in [-0.05, 0) is 19.8 Å². The van der Waals surface area contributed by atoms with Crippen molar-refractivity contribution in [2.75, 3.05) is 11.9 Å². The molecule has 1 amide bonds. The number of carbonyl (C=O) groups excluding carboxylic acids is 2. The summed E-state index contributed by atoms with van der Waals surface area (Å²) in [5, 5.41) is 6.88. The van der Waals surface area contributed by atoms with Crippen LogP contribution in [0.25, 0.3) is 0 Å². The molecule has 0 aliphatic carbocycles. The molecule has 0 saturated heterocycles. The first-order valence-corrected chi connectivity index (χ1v) is 6.37. The molecule has 0 aromatic carbocycles. The van der Waals surface area contributed by atoms with Crippen LogP contribution in [0.2, 0.25) is 0 Å². The highest BCUT2D eigenvalue weighted by Gasteiger charge is 2.22. The van der Waals surface area contributed by atoms with Gasteiger partial charge in [0.05, 0.1) is 12.3 Å². The number of nitrogens with one attached hydrogen (secondary N) is 1. The highest BCUT2D eigenvalue weighted by atomic mass is 16.5. The van der Waals surface area contributed by atoms with E-state index in [0.29, 0.717) is 23.5 Å². The van der Waals surface area contributed by atoms with Crippen LogP contribution in [0.4, 0.5) is 5.82 Å². The van der Waals surface area contributed by atoms with E-state index in [-0.39, 0.29) is 18.4 Å². The normalized spacial score (nSPS) is 10.6. The van der Waals surface area contributed by atoms with Gasteiger partial charge >= 0.3 is 5.97 Å². The minimum absolute atomic E-state index is 0.136. The van der Waals surface area contributed by atoms with E-state index in [4.69, 9.17) is 4.74 Å². The number of nitrogens with zero attached hydrogens (tertiary/aromatic N) is 2. The third-order valence-corrected chi connectivity index (χ3v) is 2.55. The Morgan fingerprint density at radius 1 is 1.42 bits per heavy atom. The molecule has 0 spiro atoms. The molecule has 0 radical (unpaired) electrons. The van der Waals surface area contributed by atoms with Gasteiger partial charge in [0.25, 0.3) is 0 Å². The maximum Gasteiger partial charge on any atom is 0.343 e. The minimum Gasteiger partial charge on any atom is -0.462 e. The van der Waals surface area contributed by atoms with E-state index in [9.17, 15) is 9.59 Å². The van der Waals surface area contributed by atoms with Gasteiger partial charge < -0.3 is 10.1 Å². The van der Waals surface area contributed by atoms with Crippen LogP contribution < -0.4 is 5.32 Å². The summed E-state index contributed by atoms with van der Waals surface area (Å²) in [6.07, 6.45) is 0.395. The fourth-order valence-corrected chi connectivity index (χ4v) is 1.80. The molecule has 1 heterocycles. The lowest BCUT2D eigenvalue weighted by molar-refractivity contribution is -0.116. The first kappa shape index (κ1) is 15.2. The standard InChI is InChI=1S/C13H21N3O3/c1-6-19-13(18)11-9(4)15-16(5)12(11)14-10(17)7-8(2)3/h8H,6-7H2,1-5H3,(H,14,17). The number of carbonyl (C=O) groups is 2. The van der Waals surface area contributed by atoms with Crippen LogP contribution in [-0.2, 0) is 16.6 Å². The van der Waals surface area contributed by atoms with Gasteiger partial charge in [0.1, 0.15) is 11.4 Å². The van der Waals surface area contributed by atoms with Crippen molar-refractivity contribution in [2.45, 2.75) is 34.1 Å². The van der Waals surface area contributed by atoms with Crippen molar-refractivity contribution in [3.05, 3.63) is 11.3 Å².